The molecule has 1 heteroatoms. The van der Waals surface area contributed by atoms with E-state index in [1.807, 2.05) is 0 Å². The molecule has 0 aliphatic carbocycles. The van der Waals surface area contributed by atoms with Crippen molar-refractivity contribution in [2.75, 3.05) is 0 Å². The summed E-state index contributed by atoms with van der Waals surface area (Å²) in [6.45, 7) is 4.44. The third-order valence-electron chi connectivity index (χ3n) is 4.76. The normalized spacial score (nSPS) is 11.1. The van der Waals surface area contributed by atoms with Gasteiger partial charge in [-0.3, -0.25) is 0 Å². The van der Waals surface area contributed by atoms with Gasteiger partial charge in [-0.05, 0) is 41.7 Å². The molecule has 0 amide bonds. The van der Waals surface area contributed by atoms with Crippen LogP contribution in [-0.2, 0) is 6.42 Å². The number of pyridine rings is 1. The lowest BCUT2D eigenvalue weighted by molar-refractivity contribution is 1.08. The van der Waals surface area contributed by atoms with Crippen LogP contribution in [0.1, 0.15) is 18.1 Å². The van der Waals surface area contributed by atoms with Gasteiger partial charge >= 0.3 is 0 Å². The SMILES string of the molecule is CCc1ccc2c(C)c(-c3ccccc3)c(-c3ccccc3)n2c1. The minimum absolute atomic E-state index is 1.04. The molecule has 118 valence electrons. The average Bonchev–Trinajstić information content (AvgIpc) is 2.95. The van der Waals surface area contributed by atoms with E-state index in [-0.39, 0.29) is 0 Å². The first kappa shape index (κ1) is 14.8. The number of hydrogen-bond acceptors (Lipinski definition) is 0. The van der Waals surface area contributed by atoms with Crippen molar-refractivity contribution in [2.45, 2.75) is 20.3 Å². The highest BCUT2D eigenvalue weighted by Gasteiger charge is 2.18. The van der Waals surface area contributed by atoms with Gasteiger partial charge in [0, 0.05) is 17.3 Å². The number of hydrogen-bond donors (Lipinski definition) is 0. The molecule has 0 N–H and O–H groups in total. The molecule has 1 nitrogen and oxygen atoms in total. The Morgan fingerprint density at radius 2 is 1.38 bits per heavy atom. The molecule has 0 radical (unpaired) electrons. The summed E-state index contributed by atoms with van der Waals surface area (Å²) in [5.41, 5.74) is 9.12. The first-order valence-electron chi connectivity index (χ1n) is 8.54. The van der Waals surface area contributed by atoms with E-state index in [0.29, 0.717) is 0 Å². The summed E-state index contributed by atoms with van der Waals surface area (Å²) in [5, 5.41) is 0. The van der Waals surface area contributed by atoms with Crippen molar-refractivity contribution in [3.8, 4) is 22.4 Å². The van der Waals surface area contributed by atoms with E-state index in [2.05, 4.69) is 97.2 Å². The van der Waals surface area contributed by atoms with Crippen molar-refractivity contribution in [1.29, 1.82) is 0 Å². The van der Waals surface area contributed by atoms with E-state index in [1.54, 1.807) is 0 Å². The van der Waals surface area contributed by atoms with Gasteiger partial charge < -0.3 is 4.40 Å². The first-order valence-corrected chi connectivity index (χ1v) is 8.54. The molecule has 2 aromatic carbocycles. The number of nitrogens with zero attached hydrogens (tertiary/aromatic N) is 1. The third kappa shape index (κ3) is 2.33. The quantitative estimate of drug-likeness (QED) is 0.428. The summed E-state index contributed by atoms with van der Waals surface area (Å²) in [4.78, 5) is 0. The second-order valence-electron chi connectivity index (χ2n) is 6.23. The van der Waals surface area contributed by atoms with Gasteiger partial charge in [0.1, 0.15) is 0 Å². The van der Waals surface area contributed by atoms with Crippen molar-refractivity contribution < 1.29 is 0 Å². The minimum atomic E-state index is 1.04. The van der Waals surface area contributed by atoms with Gasteiger partial charge in [0.05, 0.1) is 5.69 Å². The highest BCUT2D eigenvalue weighted by molar-refractivity contribution is 5.90. The number of aromatic nitrogens is 1. The van der Waals surface area contributed by atoms with Crippen molar-refractivity contribution >= 4 is 5.52 Å². The van der Waals surface area contributed by atoms with Crippen molar-refractivity contribution in [3.05, 3.63) is 90.1 Å². The standard InChI is InChI=1S/C23H21N/c1-3-18-14-15-21-17(2)22(19-10-6-4-7-11-19)23(24(21)16-18)20-12-8-5-9-13-20/h4-16H,3H2,1-2H3. The maximum Gasteiger partial charge on any atom is 0.0609 e. The van der Waals surface area contributed by atoms with Gasteiger partial charge in [-0.1, -0.05) is 73.7 Å². The van der Waals surface area contributed by atoms with Gasteiger partial charge in [0.25, 0.3) is 0 Å². The largest absolute Gasteiger partial charge is 0.315 e. The lowest BCUT2D eigenvalue weighted by atomic mass is 9.98. The lowest BCUT2D eigenvalue weighted by Crippen LogP contribution is -1.92. The van der Waals surface area contributed by atoms with E-state index in [4.69, 9.17) is 0 Å². The predicted molar refractivity (Wildman–Crippen MR) is 102 cm³/mol. The van der Waals surface area contributed by atoms with E-state index in [0.717, 1.165) is 6.42 Å². The molecular weight excluding hydrogens is 290 g/mol. The number of fused-ring (bicyclic) bond motifs is 1. The van der Waals surface area contributed by atoms with Gasteiger partial charge in [-0.25, -0.2) is 0 Å². The molecule has 0 saturated carbocycles. The summed E-state index contributed by atoms with van der Waals surface area (Å²) in [7, 11) is 0. The van der Waals surface area contributed by atoms with Crippen LogP contribution in [0.4, 0.5) is 0 Å². The van der Waals surface area contributed by atoms with Gasteiger partial charge in [0.15, 0.2) is 0 Å². The van der Waals surface area contributed by atoms with Crippen LogP contribution in [-0.4, -0.2) is 4.40 Å². The smallest absolute Gasteiger partial charge is 0.0609 e. The molecule has 24 heavy (non-hydrogen) atoms. The maximum atomic E-state index is 2.37. The summed E-state index contributed by atoms with van der Waals surface area (Å²) < 4.78 is 2.37. The number of rotatable bonds is 3. The zero-order chi connectivity index (χ0) is 16.5. The molecule has 0 bridgehead atoms. The van der Waals surface area contributed by atoms with E-state index < -0.39 is 0 Å². The summed E-state index contributed by atoms with van der Waals surface area (Å²) in [6, 6.07) is 25.9. The van der Waals surface area contributed by atoms with E-state index in [1.165, 1.54) is 39.0 Å². The molecular formula is C23H21N. The topological polar surface area (TPSA) is 4.41 Å². The number of aryl methyl sites for hydroxylation is 2. The Morgan fingerprint density at radius 1 is 0.750 bits per heavy atom. The Balaban J connectivity index is 2.12. The molecule has 0 atom stereocenters. The fourth-order valence-electron chi connectivity index (χ4n) is 3.51. The maximum absolute atomic E-state index is 2.37. The van der Waals surface area contributed by atoms with Crippen LogP contribution >= 0.6 is 0 Å². The molecule has 2 aromatic heterocycles. The predicted octanol–water partition coefficient (Wildman–Crippen LogP) is 6.14. The van der Waals surface area contributed by atoms with Crippen LogP contribution in [0, 0.1) is 6.92 Å². The second-order valence-corrected chi connectivity index (χ2v) is 6.23. The third-order valence-corrected chi connectivity index (χ3v) is 4.76. The highest BCUT2D eigenvalue weighted by atomic mass is 14.9. The Bertz CT molecular complexity index is 979. The molecule has 4 rings (SSSR count). The molecule has 2 heterocycles. The summed E-state index contributed by atoms with van der Waals surface area (Å²) in [5.74, 6) is 0. The van der Waals surface area contributed by atoms with Crippen LogP contribution in [0.3, 0.4) is 0 Å². The fraction of sp³-hybridized carbons (Fsp3) is 0.130. The monoisotopic (exact) mass is 311 g/mol. The van der Waals surface area contributed by atoms with Crippen LogP contribution < -0.4 is 0 Å². The second kappa shape index (κ2) is 6.01. The highest BCUT2D eigenvalue weighted by Crippen LogP contribution is 2.39. The molecule has 0 fully saturated rings. The zero-order valence-corrected chi connectivity index (χ0v) is 14.2. The zero-order valence-electron chi connectivity index (χ0n) is 14.2. The molecule has 0 aliphatic heterocycles. The fourth-order valence-corrected chi connectivity index (χ4v) is 3.51. The van der Waals surface area contributed by atoms with Crippen LogP contribution in [0.15, 0.2) is 79.0 Å². The first-order chi connectivity index (χ1) is 11.8. The molecule has 0 spiro atoms. The summed E-state index contributed by atoms with van der Waals surface area (Å²) in [6.07, 6.45) is 3.33. The molecule has 0 saturated heterocycles. The lowest BCUT2D eigenvalue weighted by Gasteiger charge is -2.09. The van der Waals surface area contributed by atoms with Crippen LogP contribution in [0.2, 0.25) is 0 Å². The van der Waals surface area contributed by atoms with Gasteiger partial charge in [-0.15, -0.1) is 0 Å². The number of benzene rings is 2. The Morgan fingerprint density at radius 3 is 2.00 bits per heavy atom. The van der Waals surface area contributed by atoms with Gasteiger partial charge in [0.2, 0.25) is 0 Å². The van der Waals surface area contributed by atoms with E-state index in [9.17, 15) is 0 Å². The van der Waals surface area contributed by atoms with Crippen molar-refractivity contribution in [2.24, 2.45) is 0 Å². The van der Waals surface area contributed by atoms with Crippen LogP contribution in [0.5, 0.6) is 0 Å². The minimum Gasteiger partial charge on any atom is -0.315 e. The Labute approximate surface area is 143 Å². The average molecular weight is 311 g/mol. The van der Waals surface area contributed by atoms with Crippen molar-refractivity contribution in [1.82, 2.24) is 4.40 Å². The summed E-state index contributed by atoms with van der Waals surface area (Å²) >= 11 is 0. The Kier molecular flexibility index (Phi) is 3.70. The van der Waals surface area contributed by atoms with E-state index >= 15 is 0 Å². The van der Waals surface area contributed by atoms with Gasteiger partial charge in [-0.2, -0.15) is 0 Å². The molecule has 4 aromatic rings. The van der Waals surface area contributed by atoms with Crippen molar-refractivity contribution in [3.63, 3.8) is 0 Å². The molecule has 0 aliphatic rings. The molecule has 0 unspecified atom stereocenters. The van der Waals surface area contributed by atoms with Crippen LogP contribution in [0.25, 0.3) is 27.9 Å². The Hall–Kier alpha value is -2.80.